The molecule has 1 amide bonds. The average molecular weight is 494 g/mol. The van der Waals surface area contributed by atoms with Crippen molar-refractivity contribution in [3.8, 4) is 5.75 Å². The number of methoxy groups -OCH3 is 1. The smallest absolute Gasteiger partial charge is 0.338 e. The minimum absolute atomic E-state index is 0.0628. The average Bonchev–Trinajstić information content (AvgIpc) is 3.13. The maximum Gasteiger partial charge on any atom is 0.338 e. The Morgan fingerprint density at radius 2 is 1.63 bits per heavy atom. The van der Waals surface area contributed by atoms with Gasteiger partial charge in [0.15, 0.2) is 11.5 Å². The number of halogens is 1. The number of carbonyl (C=O) groups is 3. The molecule has 0 saturated carbocycles. The maximum atomic E-state index is 13.4. The molecule has 1 heterocycles. The third-order valence-electron chi connectivity index (χ3n) is 5.20. The van der Waals surface area contributed by atoms with Crippen molar-refractivity contribution >= 4 is 34.9 Å². The molecule has 0 aliphatic carbocycles. The Morgan fingerprint density at radius 1 is 1.00 bits per heavy atom. The second-order valence-corrected chi connectivity index (χ2v) is 7.55. The Morgan fingerprint density at radius 3 is 2.23 bits per heavy atom. The summed E-state index contributed by atoms with van der Waals surface area (Å²) in [6.07, 6.45) is 8.22. The van der Waals surface area contributed by atoms with Gasteiger partial charge in [0.25, 0.3) is 5.91 Å². The van der Waals surface area contributed by atoms with Gasteiger partial charge in [-0.05, 0) is 55.5 Å². The van der Waals surface area contributed by atoms with Crippen molar-refractivity contribution in [2.24, 2.45) is 0 Å². The van der Waals surface area contributed by atoms with Crippen LogP contribution in [0.3, 0.4) is 0 Å². The molecule has 0 aromatic heterocycles. The van der Waals surface area contributed by atoms with E-state index in [1.165, 1.54) is 29.7 Å². The molecule has 0 spiro atoms. The second-order valence-electron chi connectivity index (χ2n) is 7.30. The highest BCUT2D eigenvalue weighted by Gasteiger charge is 2.42. The number of hydrogen-bond donors (Lipinski definition) is 1. The van der Waals surface area contributed by atoms with Crippen LogP contribution >= 0.6 is 11.6 Å². The number of rotatable bonds is 9. The highest BCUT2D eigenvalue weighted by atomic mass is 35.5. The van der Waals surface area contributed by atoms with Crippen LogP contribution in [0.1, 0.15) is 27.6 Å². The Labute approximate surface area is 208 Å². The summed E-state index contributed by atoms with van der Waals surface area (Å²) in [7, 11) is 1.51. The van der Waals surface area contributed by atoms with Gasteiger partial charge in [-0.25, -0.2) is 4.79 Å². The van der Waals surface area contributed by atoms with Gasteiger partial charge in [0, 0.05) is 16.8 Å². The number of nitrogens with zero attached hydrogens (tertiary/aromatic N) is 1. The molecule has 0 unspecified atom stereocenters. The summed E-state index contributed by atoms with van der Waals surface area (Å²) in [5.41, 5.74) is 2.28. The van der Waals surface area contributed by atoms with Gasteiger partial charge in [-0.1, -0.05) is 42.0 Å². The zero-order valence-corrected chi connectivity index (χ0v) is 19.9. The number of ether oxygens (including phenoxy) is 2. The van der Waals surface area contributed by atoms with Crippen LogP contribution in [0.4, 0.5) is 5.69 Å². The van der Waals surface area contributed by atoms with E-state index in [1.54, 1.807) is 73.7 Å². The van der Waals surface area contributed by atoms with Gasteiger partial charge >= 0.3 is 5.97 Å². The van der Waals surface area contributed by atoms with Crippen LogP contribution in [0.15, 0.2) is 95.8 Å². The number of benzene rings is 2. The van der Waals surface area contributed by atoms with E-state index < -0.39 is 29.5 Å². The summed E-state index contributed by atoms with van der Waals surface area (Å²) in [6.45, 7) is 1.94. The van der Waals surface area contributed by atoms with Gasteiger partial charge in [-0.3, -0.25) is 14.5 Å². The van der Waals surface area contributed by atoms with E-state index in [9.17, 15) is 19.5 Å². The monoisotopic (exact) mass is 493 g/mol. The number of allylic oxidation sites excluding steroid dienone is 4. The van der Waals surface area contributed by atoms with E-state index in [0.29, 0.717) is 22.6 Å². The molecule has 35 heavy (non-hydrogen) atoms. The summed E-state index contributed by atoms with van der Waals surface area (Å²) in [4.78, 5) is 39.7. The Hall–Kier alpha value is -4.10. The number of ketones is 1. The second kappa shape index (κ2) is 11.9. The Balaban J connectivity index is 2.01. The minimum Gasteiger partial charge on any atom is -0.503 e. The number of esters is 1. The lowest BCUT2D eigenvalue weighted by atomic mass is 9.97. The van der Waals surface area contributed by atoms with Gasteiger partial charge in [-0.2, -0.15) is 0 Å². The SMILES string of the molecule is CCOC(=O)c1ccc(N2C(=O)C(O)=C(C(=O)c3ccc(OC)cc3)[C@@H]2/C=C/C=C\C=C\Cl)cc1. The number of hydrogen-bond acceptors (Lipinski definition) is 6. The van der Waals surface area contributed by atoms with Crippen molar-refractivity contribution in [1.29, 1.82) is 0 Å². The number of carbonyl (C=O) groups excluding carboxylic acids is 3. The molecule has 1 N–H and O–H groups in total. The first kappa shape index (κ1) is 25.5. The quantitative estimate of drug-likeness (QED) is 0.295. The van der Waals surface area contributed by atoms with E-state index in [-0.39, 0.29) is 12.2 Å². The van der Waals surface area contributed by atoms with Crippen LogP contribution in [0, 0.1) is 0 Å². The minimum atomic E-state index is -0.893. The molecule has 0 fully saturated rings. The third-order valence-corrected chi connectivity index (χ3v) is 5.35. The molecule has 3 rings (SSSR count). The van der Waals surface area contributed by atoms with Gasteiger partial charge in [0.2, 0.25) is 0 Å². The lowest BCUT2D eigenvalue weighted by Gasteiger charge is -2.24. The summed E-state index contributed by atoms with van der Waals surface area (Å²) in [6, 6.07) is 11.6. The summed E-state index contributed by atoms with van der Waals surface area (Å²) < 4.78 is 10.1. The highest BCUT2D eigenvalue weighted by molar-refractivity contribution is 6.25. The van der Waals surface area contributed by atoms with Gasteiger partial charge < -0.3 is 14.6 Å². The largest absolute Gasteiger partial charge is 0.503 e. The first-order valence-corrected chi connectivity index (χ1v) is 11.2. The van der Waals surface area contributed by atoms with Crippen molar-refractivity contribution in [2.75, 3.05) is 18.6 Å². The highest BCUT2D eigenvalue weighted by Crippen LogP contribution is 2.33. The number of Topliss-reactive ketones (excluding diaryl/α,β-unsaturated/α-hetero) is 1. The zero-order chi connectivity index (χ0) is 25.4. The lowest BCUT2D eigenvalue weighted by Crippen LogP contribution is -2.35. The first-order chi connectivity index (χ1) is 16.9. The molecule has 180 valence electrons. The van der Waals surface area contributed by atoms with Crippen molar-refractivity contribution in [3.63, 3.8) is 0 Å². The molecule has 2 aromatic rings. The van der Waals surface area contributed by atoms with Crippen LogP contribution < -0.4 is 9.64 Å². The molecule has 0 bridgehead atoms. The third kappa shape index (κ3) is 5.70. The molecule has 1 aliphatic rings. The molecule has 1 aliphatic heterocycles. The molecule has 0 radical (unpaired) electrons. The van der Waals surface area contributed by atoms with Crippen molar-refractivity contribution in [2.45, 2.75) is 13.0 Å². The molecule has 1 atom stereocenters. The van der Waals surface area contributed by atoms with Crippen LogP contribution in [0.2, 0.25) is 0 Å². The summed E-state index contributed by atoms with van der Waals surface area (Å²) in [5, 5.41) is 10.7. The van der Waals surface area contributed by atoms with Crippen LogP contribution in [-0.2, 0) is 9.53 Å². The van der Waals surface area contributed by atoms with E-state index in [1.807, 2.05) is 0 Å². The number of anilines is 1. The molecular weight excluding hydrogens is 470 g/mol. The Kier molecular flexibility index (Phi) is 8.64. The van der Waals surface area contributed by atoms with Gasteiger partial charge in [0.1, 0.15) is 5.75 Å². The normalized spacial score (nSPS) is 16.1. The summed E-state index contributed by atoms with van der Waals surface area (Å²) in [5.74, 6) is -1.79. The summed E-state index contributed by atoms with van der Waals surface area (Å²) >= 11 is 5.52. The lowest BCUT2D eigenvalue weighted by molar-refractivity contribution is -0.116. The van der Waals surface area contributed by atoms with E-state index in [2.05, 4.69) is 0 Å². The fourth-order valence-electron chi connectivity index (χ4n) is 3.54. The molecule has 0 saturated heterocycles. The predicted molar refractivity (Wildman–Crippen MR) is 134 cm³/mol. The van der Waals surface area contributed by atoms with E-state index >= 15 is 0 Å². The number of aliphatic hydroxyl groups is 1. The molecule has 2 aromatic carbocycles. The fraction of sp³-hybridized carbons (Fsp3) is 0.148. The van der Waals surface area contributed by atoms with Crippen LogP contribution in [-0.4, -0.2) is 42.5 Å². The predicted octanol–water partition coefficient (Wildman–Crippen LogP) is 5.15. The van der Waals surface area contributed by atoms with Crippen LogP contribution in [0.25, 0.3) is 0 Å². The van der Waals surface area contributed by atoms with Crippen molar-refractivity contribution in [1.82, 2.24) is 0 Å². The van der Waals surface area contributed by atoms with E-state index in [0.717, 1.165) is 0 Å². The van der Waals surface area contributed by atoms with Gasteiger partial charge in [-0.15, -0.1) is 0 Å². The number of aliphatic hydroxyl groups excluding tert-OH is 1. The molecule has 7 nitrogen and oxygen atoms in total. The topological polar surface area (TPSA) is 93.1 Å². The fourth-order valence-corrected chi connectivity index (χ4v) is 3.62. The molecular formula is C27H24ClNO6. The maximum absolute atomic E-state index is 13.4. The number of amides is 1. The van der Waals surface area contributed by atoms with Gasteiger partial charge in [0.05, 0.1) is 30.9 Å². The Bertz CT molecular complexity index is 1210. The van der Waals surface area contributed by atoms with Crippen LogP contribution in [0.5, 0.6) is 5.75 Å². The van der Waals surface area contributed by atoms with Crippen molar-refractivity contribution in [3.05, 3.63) is 107 Å². The van der Waals surface area contributed by atoms with Crippen molar-refractivity contribution < 1.29 is 29.0 Å². The standard InChI is InChI=1S/C27H24ClNO6/c1-3-35-27(33)19-9-13-20(14-10-19)29-22(8-6-4-5-7-17-28)23(25(31)26(29)32)24(30)18-11-15-21(34-2)16-12-18/h4-17,22,31H,3H2,1-2H3/b5-4-,8-6+,17-7+/t22-/m0/s1. The molecule has 8 heteroatoms. The van der Waals surface area contributed by atoms with E-state index in [4.69, 9.17) is 21.1 Å². The zero-order valence-electron chi connectivity index (χ0n) is 19.2. The first-order valence-electron chi connectivity index (χ1n) is 10.8.